The van der Waals surface area contributed by atoms with Crippen LogP contribution in [-0.4, -0.2) is 72.5 Å². The Labute approximate surface area is 254 Å². The minimum atomic E-state index is -6.14. The third-order valence-corrected chi connectivity index (χ3v) is 8.38. The molecule has 17 heteroatoms. The number of aryl methyl sites for hydroxylation is 2. The summed E-state index contributed by atoms with van der Waals surface area (Å²) in [5, 5.41) is 3.77. The molecule has 0 spiro atoms. The molecule has 240 valence electrons. The highest BCUT2D eigenvalue weighted by Crippen LogP contribution is 2.51. The minimum Gasteiger partial charge on any atom is -0.438 e. The van der Waals surface area contributed by atoms with Gasteiger partial charge < -0.3 is 14.5 Å². The van der Waals surface area contributed by atoms with Crippen LogP contribution >= 0.6 is 0 Å². The molecule has 0 saturated carbocycles. The van der Waals surface area contributed by atoms with Gasteiger partial charge in [0.2, 0.25) is 11.8 Å². The first-order valence-corrected chi connectivity index (χ1v) is 14.9. The maximum absolute atomic E-state index is 15.4. The smallest absolute Gasteiger partial charge is 0.438 e. The van der Waals surface area contributed by atoms with E-state index in [0.29, 0.717) is 31.9 Å². The van der Waals surface area contributed by atoms with E-state index in [2.05, 4.69) is 15.1 Å². The van der Waals surface area contributed by atoms with E-state index in [1.807, 2.05) is 16.7 Å². The number of likely N-dealkylation sites (N-methyl/N-ethyl adjacent to an activating group) is 1. The van der Waals surface area contributed by atoms with Gasteiger partial charge in [0.25, 0.3) is 10.0 Å². The topological polar surface area (TPSA) is 105 Å². The van der Waals surface area contributed by atoms with Gasteiger partial charge in [-0.1, -0.05) is 24.3 Å². The second-order valence-corrected chi connectivity index (χ2v) is 12.1. The van der Waals surface area contributed by atoms with Gasteiger partial charge in [0.1, 0.15) is 22.0 Å². The van der Waals surface area contributed by atoms with Crippen molar-refractivity contribution >= 4 is 21.7 Å². The number of nitrogens with zero attached hydrogens (tertiary/aromatic N) is 6. The fraction of sp³-hybridized carbons (Fsp3) is 0.321. The summed E-state index contributed by atoms with van der Waals surface area (Å²) in [5.74, 6) is -9.09. The average Bonchev–Trinajstić information content (AvgIpc) is 3.39. The fourth-order valence-corrected chi connectivity index (χ4v) is 5.63. The van der Waals surface area contributed by atoms with Crippen molar-refractivity contribution in [2.75, 3.05) is 42.8 Å². The number of aromatic nitrogens is 4. The van der Waals surface area contributed by atoms with Gasteiger partial charge in [-0.05, 0) is 25.6 Å². The molecule has 1 fully saturated rings. The normalized spacial score (nSPS) is 14.9. The maximum atomic E-state index is 15.4. The number of hydrogen-bond acceptors (Lipinski definition) is 8. The Balaban J connectivity index is 1.71. The Hall–Kier alpha value is -4.38. The number of anilines is 2. The quantitative estimate of drug-likeness (QED) is 0.255. The van der Waals surface area contributed by atoms with Crippen LogP contribution in [0.1, 0.15) is 11.1 Å². The van der Waals surface area contributed by atoms with Crippen molar-refractivity contribution in [1.29, 1.82) is 0 Å². The lowest BCUT2D eigenvalue weighted by atomic mass is 9.98. The van der Waals surface area contributed by atoms with Gasteiger partial charge in [0.05, 0.1) is 11.9 Å². The van der Waals surface area contributed by atoms with Crippen molar-refractivity contribution in [1.82, 2.24) is 24.6 Å². The van der Waals surface area contributed by atoms with Crippen LogP contribution in [0.2, 0.25) is 0 Å². The SMILES string of the molecule is Cc1ccccc1-c1nc(NS(=O)(=O)c2cnn(C)c2)nc(Oc2cc(F)cc(N3CCN(C)CC3)c2)c1C(F)(F)C(F)(F)F. The van der Waals surface area contributed by atoms with Crippen LogP contribution in [0.15, 0.2) is 59.8 Å². The van der Waals surface area contributed by atoms with E-state index >= 15 is 8.78 Å². The number of ether oxygens (including phenoxy) is 1. The lowest BCUT2D eigenvalue weighted by molar-refractivity contribution is -0.289. The monoisotopic (exact) mass is 655 g/mol. The van der Waals surface area contributed by atoms with Gasteiger partial charge in [-0.15, -0.1) is 0 Å². The van der Waals surface area contributed by atoms with Crippen molar-refractivity contribution in [2.45, 2.75) is 23.9 Å². The zero-order chi connectivity index (χ0) is 32.7. The Bertz CT molecular complexity index is 1820. The van der Waals surface area contributed by atoms with Crippen molar-refractivity contribution in [2.24, 2.45) is 7.05 Å². The molecule has 3 heterocycles. The number of rotatable bonds is 8. The molecule has 1 saturated heterocycles. The number of piperazine rings is 1. The van der Waals surface area contributed by atoms with Gasteiger partial charge in [0, 0.05) is 62.8 Å². The number of nitrogens with one attached hydrogen (secondary N) is 1. The zero-order valence-electron chi connectivity index (χ0n) is 24.1. The van der Waals surface area contributed by atoms with Crippen LogP contribution in [-0.2, 0) is 23.0 Å². The van der Waals surface area contributed by atoms with Gasteiger partial charge in [0.15, 0.2) is 0 Å². The van der Waals surface area contributed by atoms with Gasteiger partial charge >= 0.3 is 12.1 Å². The van der Waals surface area contributed by atoms with Crippen molar-refractivity contribution < 1.29 is 39.5 Å². The van der Waals surface area contributed by atoms with E-state index in [9.17, 15) is 26.0 Å². The molecule has 0 bridgehead atoms. The van der Waals surface area contributed by atoms with Crippen molar-refractivity contribution in [3.05, 3.63) is 71.8 Å². The number of halogens is 6. The molecule has 0 unspecified atom stereocenters. The van der Waals surface area contributed by atoms with Crippen molar-refractivity contribution in [3.63, 3.8) is 0 Å². The summed E-state index contributed by atoms with van der Waals surface area (Å²) in [5.41, 5.74) is -2.36. The number of hydrogen-bond donors (Lipinski definition) is 1. The molecule has 5 rings (SSSR count). The highest BCUT2D eigenvalue weighted by Gasteiger charge is 2.62. The van der Waals surface area contributed by atoms with Gasteiger partial charge in [-0.25, -0.2) is 22.5 Å². The molecule has 1 aliphatic rings. The first kappa shape index (κ1) is 32.0. The summed E-state index contributed by atoms with van der Waals surface area (Å²) >= 11 is 0. The molecule has 0 radical (unpaired) electrons. The molecule has 0 amide bonds. The maximum Gasteiger partial charge on any atom is 0.458 e. The highest BCUT2D eigenvalue weighted by atomic mass is 32.2. The molecule has 10 nitrogen and oxygen atoms in total. The van der Waals surface area contributed by atoms with Gasteiger partial charge in [-0.2, -0.15) is 32.0 Å². The third kappa shape index (κ3) is 6.68. The minimum absolute atomic E-state index is 0.178. The van der Waals surface area contributed by atoms with Crippen LogP contribution in [0, 0.1) is 12.7 Å². The Morgan fingerprint density at radius 1 is 0.956 bits per heavy atom. The summed E-state index contributed by atoms with van der Waals surface area (Å²) in [4.78, 5) is 11.0. The predicted octanol–water partition coefficient (Wildman–Crippen LogP) is 5.32. The summed E-state index contributed by atoms with van der Waals surface area (Å²) in [7, 11) is -1.15. The first-order valence-electron chi connectivity index (χ1n) is 13.4. The third-order valence-electron chi connectivity index (χ3n) is 7.10. The molecule has 2 aromatic carbocycles. The Kier molecular flexibility index (Phi) is 8.43. The molecule has 1 N–H and O–H groups in total. The molecule has 2 aromatic heterocycles. The molecule has 45 heavy (non-hydrogen) atoms. The fourth-order valence-electron chi connectivity index (χ4n) is 4.70. The number of benzene rings is 2. The van der Waals surface area contributed by atoms with E-state index in [1.54, 1.807) is 4.90 Å². The van der Waals surface area contributed by atoms with E-state index in [1.165, 1.54) is 55.1 Å². The van der Waals surface area contributed by atoms with Crippen molar-refractivity contribution in [3.8, 4) is 22.9 Å². The molecule has 0 aliphatic carbocycles. The highest BCUT2D eigenvalue weighted by molar-refractivity contribution is 7.92. The van der Waals surface area contributed by atoms with E-state index in [4.69, 9.17) is 4.74 Å². The summed E-state index contributed by atoms with van der Waals surface area (Å²) < 4.78 is 122. The van der Waals surface area contributed by atoms with Gasteiger partial charge in [-0.3, -0.25) is 4.68 Å². The largest absolute Gasteiger partial charge is 0.458 e. The molecular formula is C28H27F6N7O3S. The molecule has 1 aliphatic heterocycles. The average molecular weight is 656 g/mol. The van der Waals surface area contributed by atoms with Crippen LogP contribution < -0.4 is 14.4 Å². The zero-order valence-corrected chi connectivity index (χ0v) is 24.9. The molecule has 4 aromatic rings. The molecular weight excluding hydrogens is 628 g/mol. The molecule has 0 atom stereocenters. The van der Waals surface area contributed by atoms with Crippen LogP contribution in [0.25, 0.3) is 11.3 Å². The number of sulfonamides is 1. The first-order chi connectivity index (χ1) is 21.0. The predicted molar refractivity (Wildman–Crippen MR) is 152 cm³/mol. The second-order valence-electron chi connectivity index (χ2n) is 10.5. The van der Waals surface area contributed by atoms with Crippen LogP contribution in [0.3, 0.4) is 0 Å². The summed E-state index contributed by atoms with van der Waals surface area (Å²) in [6, 6.07) is 8.84. The van der Waals surface area contributed by atoms with Crippen LogP contribution in [0.4, 0.5) is 38.0 Å². The Morgan fingerprint density at radius 2 is 1.64 bits per heavy atom. The lowest BCUT2D eigenvalue weighted by Gasteiger charge is -2.34. The number of alkyl halides is 5. The van der Waals surface area contributed by atoms with E-state index < -0.39 is 56.8 Å². The van der Waals surface area contributed by atoms with E-state index in [0.717, 1.165) is 18.5 Å². The standard InChI is InChI=1S/C28H27F6N7O3S/c1-17-6-4-5-7-22(17)24-23(27(30,31)28(32,33)34)25(37-26(36-24)38-45(42,43)21-15-35-40(3)16-21)44-20-13-18(29)12-19(14-20)41-10-8-39(2)9-11-41/h4-7,12-16H,8-11H2,1-3H3,(H,36,37,38). The second kappa shape index (κ2) is 11.8. The Morgan fingerprint density at radius 3 is 2.27 bits per heavy atom. The lowest BCUT2D eigenvalue weighted by Crippen LogP contribution is -2.44. The van der Waals surface area contributed by atoms with E-state index in [-0.39, 0.29) is 16.0 Å². The summed E-state index contributed by atoms with van der Waals surface area (Å²) in [6.07, 6.45) is -4.03. The van der Waals surface area contributed by atoms with Crippen LogP contribution in [0.5, 0.6) is 11.6 Å². The summed E-state index contributed by atoms with van der Waals surface area (Å²) in [6.45, 7) is 3.70.